The van der Waals surface area contributed by atoms with Gasteiger partial charge >= 0.3 is 0 Å². The van der Waals surface area contributed by atoms with Crippen molar-refractivity contribution in [1.29, 1.82) is 5.41 Å². The van der Waals surface area contributed by atoms with Gasteiger partial charge in [0.25, 0.3) is 0 Å². The van der Waals surface area contributed by atoms with E-state index in [0.717, 1.165) is 102 Å². The van der Waals surface area contributed by atoms with Gasteiger partial charge in [-0.15, -0.1) is 0 Å². The van der Waals surface area contributed by atoms with E-state index in [1.165, 1.54) is 11.8 Å². The van der Waals surface area contributed by atoms with E-state index in [2.05, 4.69) is 61.6 Å². The summed E-state index contributed by atoms with van der Waals surface area (Å²) in [5.41, 5.74) is 8.37. The van der Waals surface area contributed by atoms with E-state index in [4.69, 9.17) is 24.4 Å². The highest BCUT2D eigenvalue weighted by Crippen LogP contribution is 2.48. The summed E-state index contributed by atoms with van der Waals surface area (Å²) in [6, 6.07) is 20.9. The molecule has 0 spiro atoms. The second kappa shape index (κ2) is 11.9. The van der Waals surface area contributed by atoms with Gasteiger partial charge in [0.1, 0.15) is 23.8 Å². The topological polar surface area (TPSA) is 72.8 Å². The fourth-order valence-corrected chi connectivity index (χ4v) is 5.81. The third-order valence-electron chi connectivity index (χ3n) is 8.07. The number of ether oxygens (including phenoxy) is 4. The number of rotatable bonds is 7. The molecule has 3 aromatic carbocycles. The molecule has 3 unspecified atom stereocenters. The maximum absolute atomic E-state index is 8.01. The molecule has 2 N–H and O–H groups in total. The summed E-state index contributed by atoms with van der Waals surface area (Å²) in [7, 11) is 0. The van der Waals surface area contributed by atoms with Gasteiger partial charge in [0.05, 0.1) is 6.61 Å². The molecule has 3 aromatic rings. The predicted molar refractivity (Wildman–Crippen MR) is 159 cm³/mol. The number of hydrogen-bond donors (Lipinski definition) is 2. The Hall–Kier alpha value is -3.61. The second-order valence-corrected chi connectivity index (χ2v) is 11.0. The average Bonchev–Trinajstić information content (AvgIpc) is 2.99. The van der Waals surface area contributed by atoms with Gasteiger partial charge < -0.3 is 29.7 Å². The van der Waals surface area contributed by atoms with Crippen molar-refractivity contribution in [3.8, 4) is 11.5 Å². The number of nitrogens with one attached hydrogen (secondary N) is 2. The highest BCUT2D eigenvalue weighted by Gasteiger charge is 2.30. The van der Waals surface area contributed by atoms with E-state index in [1.807, 2.05) is 18.2 Å². The molecule has 0 aliphatic carbocycles. The molecule has 0 saturated carbocycles. The Kier molecular flexibility index (Phi) is 7.89. The number of allylic oxidation sites excluding steroid dienone is 1. The largest absolute Gasteiger partial charge is 0.480 e. The first kappa shape index (κ1) is 26.6. The molecule has 3 atom stereocenters. The first-order valence-corrected chi connectivity index (χ1v) is 14.5. The lowest BCUT2D eigenvalue weighted by Crippen LogP contribution is -2.27. The number of hydrogen-bond acceptors (Lipinski definition) is 6. The maximum Gasteiger partial charge on any atom is 0.199 e. The minimum absolute atomic E-state index is 0.0456. The van der Waals surface area contributed by atoms with Gasteiger partial charge in [-0.1, -0.05) is 42.0 Å². The molecule has 208 valence electrons. The van der Waals surface area contributed by atoms with Gasteiger partial charge in [0.2, 0.25) is 0 Å². The van der Waals surface area contributed by atoms with Crippen molar-refractivity contribution in [2.24, 2.45) is 0 Å². The summed E-state index contributed by atoms with van der Waals surface area (Å²) in [5, 5.41) is 11.6. The van der Waals surface area contributed by atoms with Crippen LogP contribution >= 0.6 is 0 Å². The summed E-state index contributed by atoms with van der Waals surface area (Å²) >= 11 is 0. The third kappa shape index (κ3) is 5.65. The second-order valence-electron chi connectivity index (χ2n) is 11.0. The molecule has 2 fully saturated rings. The van der Waals surface area contributed by atoms with Gasteiger partial charge in [-0.05, 0) is 86.9 Å². The fraction of sp³-hybridized carbons (Fsp3) is 0.382. The van der Waals surface area contributed by atoms with Crippen LogP contribution in [-0.2, 0) is 9.47 Å². The molecule has 6 rings (SSSR count). The lowest BCUT2D eigenvalue weighted by molar-refractivity contribution is -0.105. The molecule has 2 saturated heterocycles. The molecule has 3 heterocycles. The fourth-order valence-electron chi connectivity index (χ4n) is 5.81. The van der Waals surface area contributed by atoms with Crippen molar-refractivity contribution in [1.82, 2.24) is 0 Å². The number of aryl methyl sites for hydroxylation is 1. The van der Waals surface area contributed by atoms with Gasteiger partial charge in [0.15, 0.2) is 6.29 Å². The van der Waals surface area contributed by atoms with Crippen LogP contribution in [0.25, 0.3) is 11.1 Å². The van der Waals surface area contributed by atoms with Crippen LogP contribution in [0.1, 0.15) is 79.4 Å². The first-order chi connectivity index (χ1) is 19.6. The van der Waals surface area contributed by atoms with E-state index in [0.29, 0.717) is 0 Å². The zero-order chi connectivity index (χ0) is 27.5. The zero-order valence-corrected chi connectivity index (χ0v) is 23.4. The van der Waals surface area contributed by atoms with E-state index in [9.17, 15) is 0 Å². The van der Waals surface area contributed by atoms with Crippen LogP contribution in [0.3, 0.4) is 0 Å². The molecule has 3 aliphatic rings. The van der Waals surface area contributed by atoms with Crippen LogP contribution in [0.5, 0.6) is 11.5 Å². The Balaban J connectivity index is 1.41. The molecule has 0 amide bonds. The third-order valence-corrected chi connectivity index (χ3v) is 8.07. The van der Waals surface area contributed by atoms with Crippen LogP contribution < -0.4 is 14.8 Å². The van der Waals surface area contributed by atoms with Crippen molar-refractivity contribution >= 4 is 23.0 Å². The molecule has 0 bridgehead atoms. The minimum Gasteiger partial charge on any atom is -0.480 e. The lowest BCUT2D eigenvalue weighted by Gasteiger charge is -2.32. The van der Waals surface area contributed by atoms with E-state index < -0.39 is 0 Å². The van der Waals surface area contributed by atoms with Crippen LogP contribution in [0.2, 0.25) is 0 Å². The summed E-state index contributed by atoms with van der Waals surface area (Å²) in [5.74, 6) is 1.63. The summed E-state index contributed by atoms with van der Waals surface area (Å²) in [4.78, 5) is 0. The maximum atomic E-state index is 8.01. The normalized spacial score (nSPS) is 22.7. The molecule has 40 heavy (non-hydrogen) atoms. The monoisotopic (exact) mass is 538 g/mol. The van der Waals surface area contributed by atoms with Gasteiger partial charge in [0, 0.05) is 41.6 Å². The molecular weight excluding hydrogens is 500 g/mol. The number of benzene rings is 3. The van der Waals surface area contributed by atoms with E-state index in [1.54, 1.807) is 0 Å². The van der Waals surface area contributed by atoms with Crippen LogP contribution in [0.15, 0.2) is 60.7 Å². The highest BCUT2D eigenvalue weighted by molar-refractivity contribution is 5.97. The summed E-state index contributed by atoms with van der Waals surface area (Å²) in [6.07, 6.45) is 7.18. The lowest BCUT2D eigenvalue weighted by atomic mass is 9.85. The molecular formula is C34H38N2O4. The Bertz CT molecular complexity index is 1390. The molecule has 3 aliphatic heterocycles. The van der Waals surface area contributed by atoms with Crippen LogP contribution in [-0.4, -0.2) is 31.9 Å². The van der Waals surface area contributed by atoms with Crippen molar-refractivity contribution < 1.29 is 18.9 Å². The number of anilines is 1. The Morgan fingerprint density at radius 2 is 1.68 bits per heavy atom. The van der Waals surface area contributed by atoms with Gasteiger partial charge in [-0.2, -0.15) is 0 Å². The van der Waals surface area contributed by atoms with Crippen LogP contribution in [0.4, 0.5) is 5.69 Å². The van der Waals surface area contributed by atoms with Gasteiger partial charge in [-0.3, -0.25) is 0 Å². The molecule has 6 nitrogen and oxygen atoms in total. The highest BCUT2D eigenvalue weighted by atomic mass is 16.7. The minimum atomic E-state index is -0.272. The Morgan fingerprint density at radius 3 is 2.40 bits per heavy atom. The smallest absolute Gasteiger partial charge is 0.199 e. The Morgan fingerprint density at radius 1 is 0.875 bits per heavy atom. The number of fused-ring (bicyclic) bond motifs is 1. The van der Waals surface area contributed by atoms with Crippen LogP contribution in [0, 0.1) is 12.3 Å². The van der Waals surface area contributed by atoms with Crippen molar-refractivity contribution in [3.05, 3.63) is 88.5 Å². The summed E-state index contributed by atoms with van der Waals surface area (Å²) in [6.45, 7) is 5.77. The van der Waals surface area contributed by atoms with Crippen molar-refractivity contribution in [2.75, 3.05) is 18.5 Å². The molecule has 0 radical (unpaired) electrons. The van der Waals surface area contributed by atoms with E-state index >= 15 is 0 Å². The zero-order valence-electron chi connectivity index (χ0n) is 23.4. The van der Waals surface area contributed by atoms with Crippen molar-refractivity contribution in [3.63, 3.8) is 0 Å². The van der Waals surface area contributed by atoms with E-state index in [-0.39, 0.29) is 18.6 Å². The quantitative estimate of drug-likeness (QED) is 0.299. The standard InChI is InChI=1S/C34H38N2O4/c1-22-9-11-24(12-10-22)34-33(25-13-14-26(21-35)29(19-25)36-31-7-3-5-17-37-31)23(2)28-20-27(15-16-30(28)40-34)39-32-8-4-6-18-38-32/h9-16,19-21,31-32,34-36H,3-8,17-18H2,1-2H3. The molecule has 0 aromatic heterocycles. The van der Waals surface area contributed by atoms with Gasteiger partial charge in [-0.25, -0.2) is 0 Å². The van der Waals surface area contributed by atoms with Crippen molar-refractivity contribution in [2.45, 2.75) is 71.0 Å². The Labute approximate surface area is 236 Å². The predicted octanol–water partition coefficient (Wildman–Crippen LogP) is 7.90. The SMILES string of the molecule is CC1=C(c2ccc(C=N)c(NC3CCCCO3)c2)C(c2ccc(C)cc2)Oc2ccc(OC3CCCCO3)cc21. The molecule has 6 heteroatoms. The average molecular weight is 539 g/mol. The first-order valence-electron chi connectivity index (χ1n) is 14.5. The summed E-state index contributed by atoms with van der Waals surface area (Å²) < 4.78 is 24.8.